The van der Waals surface area contributed by atoms with E-state index >= 15 is 0 Å². The molecule has 0 aromatic heterocycles. The molecule has 2 rings (SSSR count). The first-order valence-electron chi connectivity index (χ1n) is 5.87. The van der Waals surface area contributed by atoms with Crippen LogP contribution in [0.5, 0.6) is 0 Å². The molecule has 0 saturated carbocycles. The quantitative estimate of drug-likeness (QED) is 0.897. The van der Waals surface area contributed by atoms with Gasteiger partial charge in [0, 0.05) is 36.2 Å². The van der Waals surface area contributed by atoms with Crippen LogP contribution in [-0.2, 0) is 6.54 Å². The molecule has 1 saturated heterocycles. The van der Waals surface area contributed by atoms with Crippen LogP contribution in [0.15, 0.2) is 28.7 Å². The Balaban J connectivity index is 2.07. The van der Waals surface area contributed by atoms with Gasteiger partial charge in [-0.1, -0.05) is 28.1 Å². The Bertz CT molecular complexity index is 344. The van der Waals surface area contributed by atoms with E-state index in [1.165, 1.54) is 10.0 Å². The van der Waals surface area contributed by atoms with E-state index in [1.54, 1.807) is 0 Å². The van der Waals surface area contributed by atoms with Gasteiger partial charge in [0.05, 0.1) is 0 Å². The predicted octanol–water partition coefficient (Wildman–Crippen LogP) is 2.63. The van der Waals surface area contributed by atoms with Gasteiger partial charge in [-0.3, -0.25) is 4.90 Å². The van der Waals surface area contributed by atoms with E-state index in [1.807, 2.05) is 0 Å². The zero-order valence-electron chi connectivity index (χ0n) is 9.91. The third-order valence-electron chi connectivity index (χ3n) is 3.27. The number of halogens is 1. The number of rotatable bonds is 2. The van der Waals surface area contributed by atoms with Gasteiger partial charge in [0.15, 0.2) is 0 Å². The molecule has 16 heavy (non-hydrogen) atoms. The van der Waals surface area contributed by atoms with E-state index in [4.69, 9.17) is 0 Å². The molecule has 0 aliphatic carbocycles. The average molecular weight is 283 g/mol. The number of hydrogen-bond donors (Lipinski definition) is 1. The third kappa shape index (κ3) is 2.84. The second kappa shape index (κ2) is 5.30. The van der Waals surface area contributed by atoms with Gasteiger partial charge >= 0.3 is 0 Å². The summed E-state index contributed by atoms with van der Waals surface area (Å²) in [5.41, 5.74) is 1.38. The van der Waals surface area contributed by atoms with Gasteiger partial charge in [-0.2, -0.15) is 0 Å². The van der Waals surface area contributed by atoms with Crippen molar-refractivity contribution in [2.45, 2.75) is 32.5 Å². The molecule has 0 radical (unpaired) electrons. The Hall–Kier alpha value is -0.380. The van der Waals surface area contributed by atoms with Crippen molar-refractivity contribution in [3.05, 3.63) is 34.3 Å². The summed E-state index contributed by atoms with van der Waals surface area (Å²) >= 11 is 3.53. The van der Waals surface area contributed by atoms with Gasteiger partial charge in [0.25, 0.3) is 0 Å². The SMILES string of the molecule is C[C@@H]1CNC[C@H](C)N1Cc1cccc(Br)c1. The molecular formula is C13H19BrN2. The second-order valence-corrected chi connectivity index (χ2v) is 5.57. The summed E-state index contributed by atoms with van der Waals surface area (Å²) in [6, 6.07) is 9.82. The van der Waals surface area contributed by atoms with Crippen molar-refractivity contribution >= 4 is 15.9 Å². The standard InChI is InChI=1S/C13H19BrN2/c1-10-7-15-8-11(2)16(10)9-12-4-3-5-13(14)6-12/h3-6,10-11,15H,7-9H2,1-2H3/t10-,11+. The van der Waals surface area contributed by atoms with E-state index in [0.29, 0.717) is 12.1 Å². The highest BCUT2D eigenvalue weighted by atomic mass is 79.9. The molecule has 0 amide bonds. The molecule has 0 unspecified atom stereocenters. The van der Waals surface area contributed by atoms with Gasteiger partial charge in [-0.05, 0) is 31.5 Å². The van der Waals surface area contributed by atoms with Crippen molar-refractivity contribution in [2.75, 3.05) is 13.1 Å². The van der Waals surface area contributed by atoms with Crippen LogP contribution in [0.25, 0.3) is 0 Å². The van der Waals surface area contributed by atoms with Crippen LogP contribution in [0.3, 0.4) is 0 Å². The highest BCUT2D eigenvalue weighted by Gasteiger charge is 2.24. The maximum atomic E-state index is 3.53. The highest BCUT2D eigenvalue weighted by molar-refractivity contribution is 9.10. The summed E-state index contributed by atoms with van der Waals surface area (Å²) < 4.78 is 1.17. The lowest BCUT2D eigenvalue weighted by Crippen LogP contribution is -2.54. The van der Waals surface area contributed by atoms with E-state index < -0.39 is 0 Å². The molecular weight excluding hydrogens is 264 g/mol. The molecule has 0 bridgehead atoms. The molecule has 3 heteroatoms. The summed E-state index contributed by atoms with van der Waals surface area (Å²) in [5.74, 6) is 0. The number of benzene rings is 1. The smallest absolute Gasteiger partial charge is 0.0240 e. The third-order valence-corrected chi connectivity index (χ3v) is 3.76. The Labute approximate surface area is 106 Å². The maximum absolute atomic E-state index is 3.53. The Morgan fingerprint density at radius 1 is 1.31 bits per heavy atom. The molecule has 1 aromatic rings. The average Bonchev–Trinajstić information content (AvgIpc) is 2.24. The van der Waals surface area contributed by atoms with Crippen molar-refractivity contribution in [3.63, 3.8) is 0 Å². The van der Waals surface area contributed by atoms with E-state index in [2.05, 4.69) is 64.3 Å². The lowest BCUT2D eigenvalue weighted by Gasteiger charge is -2.39. The van der Waals surface area contributed by atoms with Crippen molar-refractivity contribution in [3.8, 4) is 0 Å². The molecule has 2 atom stereocenters. The number of nitrogens with zero attached hydrogens (tertiary/aromatic N) is 1. The van der Waals surface area contributed by atoms with Crippen LogP contribution < -0.4 is 5.32 Å². The first-order valence-corrected chi connectivity index (χ1v) is 6.67. The van der Waals surface area contributed by atoms with Crippen LogP contribution in [0.4, 0.5) is 0 Å². The minimum absolute atomic E-state index is 0.614. The van der Waals surface area contributed by atoms with Crippen molar-refractivity contribution in [1.82, 2.24) is 10.2 Å². The van der Waals surface area contributed by atoms with Gasteiger partial charge < -0.3 is 5.32 Å². The van der Waals surface area contributed by atoms with Gasteiger partial charge in [0.1, 0.15) is 0 Å². The summed E-state index contributed by atoms with van der Waals surface area (Å²) in [7, 11) is 0. The topological polar surface area (TPSA) is 15.3 Å². The molecule has 2 nitrogen and oxygen atoms in total. The highest BCUT2D eigenvalue weighted by Crippen LogP contribution is 2.17. The van der Waals surface area contributed by atoms with Crippen LogP contribution in [0.1, 0.15) is 19.4 Å². The Morgan fingerprint density at radius 2 is 2.00 bits per heavy atom. The normalized spacial score (nSPS) is 26.9. The Kier molecular flexibility index (Phi) is 4.00. The fourth-order valence-electron chi connectivity index (χ4n) is 2.33. The lowest BCUT2D eigenvalue weighted by molar-refractivity contribution is 0.109. The molecule has 1 aliphatic heterocycles. The summed E-state index contributed by atoms with van der Waals surface area (Å²) in [6.45, 7) is 7.82. The Morgan fingerprint density at radius 3 is 2.62 bits per heavy atom. The van der Waals surface area contributed by atoms with Crippen LogP contribution >= 0.6 is 15.9 Å². The van der Waals surface area contributed by atoms with Crippen molar-refractivity contribution < 1.29 is 0 Å². The molecule has 1 aromatic carbocycles. The summed E-state index contributed by atoms with van der Waals surface area (Å²) in [5, 5.41) is 3.46. The first kappa shape index (κ1) is 12.1. The number of hydrogen-bond acceptors (Lipinski definition) is 2. The number of nitrogens with one attached hydrogen (secondary N) is 1. The predicted molar refractivity (Wildman–Crippen MR) is 71.5 cm³/mol. The molecule has 1 fully saturated rings. The summed E-state index contributed by atoms with van der Waals surface area (Å²) in [4.78, 5) is 2.57. The van der Waals surface area contributed by atoms with Crippen molar-refractivity contribution in [1.29, 1.82) is 0 Å². The second-order valence-electron chi connectivity index (χ2n) is 4.66. The summed E-state index contributed by atoms with van der Waals surface area (Å²) in [6.07, 6.45) is 0. The first-order chi connectivity index (χ1) is 7.66. The van der Waals surface area contributed by atoms with Crippen LogP contribution in [0.2, 0.25) is 0 Å². The minimum Gasteiger partial charge on any atom is -0.314 e. The van der Waals surface area contributed by atoms with Gasteiger partial charge in [-0.25, -0.2) is 0 Å². The zero-order valence-corrected chi connectivity index (χ0v) is 11.5. The van der Waals surface area contributed by atoms with E-state index in [-0.39, 0.29) is 0 Å². The van der Waals surface area contributed by atoms with Crippen LogP contribution in [0, 0.1) is 0 Å². The molecule has 88 valence electrons. The number of piperazine rings is 1. The fourth-order valence-corrected chi connectivity index (χ4v) is 2.77. The lowest BCUT2D eigenvalue weighted by atomic mass is 10.1. The van der Waals surface area contributed by atoms with Gasteiger partial charge in [0.2, 0.25) is 0 Å². The molecule has 1 heterocycles. The molecule has 0 spiro atoms. The molecule has 1 N–H and O–H groups in total. The maximum Gasteiger partial charge on any atom is 0.0240 e. The molecule has 1 aliphatic rings. The zero-order chi connectivity index (χ0) is 11.5. The van der Waals surface area contributed by atoms with Crippen LogP contribution in [-0.4, -0.2) is 30.1 Å². The van der Waals surface area contributed by atoms with Crippen molar-refractivity contribution in [2.24, 2.45) is 0 Å². The minimum atomic E-state index is 0.614. The van der Waals surface area contributed by atoms with E-state index in [0.717, 1.165) is 19.6 Å². The monoisotopic (exact) mass is 282 g/mol. The fraction of sp³-hybridized carbons (Fsp3) is 0.538. The van der Waals surface area contributed by atoms with E-state index in [9.17, 15) is 0 Å². The van der Waals surface area contributed by atoms with Gasteiger partial charge in [-0.15, -0.1) is 0 Å². The largest absolute Gasteiger partial charge is 0.314 e.